The van der Waals surface area contributed by atoms with Crippen molar-refractivity contribution in [3.8, 4) is 5.75 Å². The fourth-order valence-electron chi connectivity index (χ4n) is 3.26. The Morgan fingerprint density at radius 2 is 1.52 bits per heavy atom. The number of hydrogen-bond acceptors (Lipinski definition) is 4. The van der Waals surface area contributed by atoms with Crippen molar-refractivity contribution in [2.45, 2.75) is 31.8 Å². The maximum absolute atomic E-state index is 12.8. The van der Waals surface area contributed by atoms with Crippen LogP contribution in [-0.2, 0) is 16.3 Å². The second-order valence-electron chi connectivity index (χ2n) is 7.14. The summed E-state index contributed by atoms with van der Waals surface area (Å²) in [5.41, 5.74) is 2.12. The third kappa shape index (κ3) is 5.52. The summed E-state index contributed by atoms with van der Waals surface area (Å²) in [6.45, 7) is 5.31. The molecule has 4 nitrogen and oxygen atoms in total. The summed E-state index contributed by atoms with van der Waals surface area (Å²) in [5, 5.41) is 0. The minimum Gasteiger partial charge on any atom is -0.379 e. The molecular formula is C23H20F3NO3S. The number of alkyl halides is 3. The molecule has 0 saturated heterocycles. The van der Waals surface area contributed by atoms with Crippen molar-refractivity contribution in [2.24, 2.45) is 4.99 Å². The molecule has 0 saturated carbocycles. The van der Waals surface area contributed by atoms with Gasteiger partial charge in [-0.15, -0.1) is 0 Å². The second kappa shape index (κ2) is 8.55. The second-order valence-corrected chi connectivity index (χ2v) is 8.62. The third-order valence-electron chi connectivity index (χ3n) is 4.47. The van der Waals surface area contributed by atoms with Gasteiger partial charge >= 0.3 is 16.3 Å². The quantitative estimate of drug-likeness (QED) is 0.348. The molecule has 0 unspecified atom stereocenters. The van der Waals surface area contributed by atoms with Crippen molar-refractivity contribution in [1.29, 1.82) is 0 Å². The van der Waals surface area contributed by atoms with Gasteiger partial charge in [0.25, 0.3) is 0 Å². The van der Waals surface area contributed by atoms with Gasteiger partial charge in [0, 0.05) is 6.21 Å². The molecule has 0 heterocycles. The van der Waals surface area contributed by atoms with Crippen LogP contribution in [0.4, 0.5) is 18.9 Å². The van der Waals surface area contributed by atoms with Crippen molar-refractivity contribution < 1.29 is 25.8 Å². The minimum absolute atomic E-state index is 0.109. The van der Waals surface area contributed by atoms with Crippen molar-refractivity contribution in [1.82, 2.24) is 0 Å². The van der Waals surface area contributed by atoms with Crippen LogP contribution in [0.5, 0.6) is 5.75 Å². The molecule has 0 amide bonds. The lowest BCUT2D eigenvalue weighted by Crippen LogP contribution is -2.13. The van der Waals surface area contributed by atoms with Gasteiger partial charge in [-0.05, 0) is 73.9 Å². The Morgan fingerprint density at radius 1 is 0.903 bits per heavy atom. The molecule has 0 spiro atoms. The Balaban J connectivity index is 1.77. The first-order chi connectivity index (χ1) is 14.5. The van der Waals surface area contributed by atoms with Gasteiger partial charge in [0.1, 0.15) is 10.6 Å². The van der Waals surface area contributed by atoms with Gasteiger partial charge < -0.3 is 4.18 Å². The topological polar surface area (TPSA) is 55.7 Å². The molecule has 0 radical (unpaired) electrons. The van der Waals surface area contributed by atoms with Gasteiger partial charge in [0.05, 0.1) is 11.3 Å². The molecule has 0 aliphatic heterocycles. The number of rotatable bonds is 5. The van der Waals surface area contributed by atoms with Crippen molar-refractivity contribution in [3.05, 3.63) is 88.5 Å². The van der Waals surface area contributed by atoms with E-state index >= 15 is 0 Å². The average molecular weight is 447 g/mol. The lowest BCUT2D eigenvalue weighted by molar-refractivity contribution is -0.137. The highest BCUT2D eigenvalue weighted by Crippen LogP contribution is 2.30. The summed E-state index contributed by atoms with van der Waals surface area (Å²) in [5.74, 6) is 0.109. The van der Waals surface area contributed by atoms with E-state index in [1.54, 1.807) is 26.0 Å². The fraction of sp³-hybridized carbons (Fsp3) is 0.174. The Kier molecular flexibility index (Phi) is 6.22. The first-order valence-corrected chi connectivity index (χ1v) is 10.7. The highest BCUT2D eigenvalue weighted by Gasteiger charge is 2.30. The molecule has 0 bridgehead atoms. The zero-order chi connectivity index (χ0) is 22.8. The molecule has 162 valence electrons. The van der Waals surface area contributed by atoms with Gasteiger partial charge in [-0.25, -0.2) is 0 Å². The molecule has 3 rings (SSSR count). The van der Waals surface area contributed by atoms with Crippen molar-refractivity contribution in [2.75, 3.05) is 0 Å². The SMILES string of the molecule is Cc1cc(C)c(S(=O)(=O)Oc2ccc(N=Cc3cccc(C(F)(F)F)c3)cc2)c(C)c1. The van der Waals surface area contributed by atoms with E-state index < -0.39 is 21.9 Å². The molecule has 3 aromatic rings. The largest absolute Gasteiger partial charge is 0.416 e. The molecule has 0 fully saturated rings. The number of nitrogens with zero attached hydrogens (tertiary/aromatic N) is 1. The first kappa shape index (κ1) is 22.6. The van der Waals surface area contributed by atoms with E-state index in [1.807, 2.05) is 6.92 Å². The van der Waals surface area contributed by atoms with Crippen molar-refractivity contribution >= 4 is 22.0 Å². The molecule has 0 N–H and O–H groups in total. The molecule has 3 aromatic carbocycles. The molecule has 0 atom stereocenters. The predicted molar refractivity (Wildman–Crippen MR) is 114 cm³/mol. The smallest absolute Gasteiger partial charge is 0.379 e. The van der Waals surface area contributed by atoms with E-state index in [1.165, 1.54) is 42.6 Å². The van der Waals surface area contributed by atoms with Crippen LogP contribution in [0, 0.1) is 20.8 Å². The van der Waals surface area contributed by atoms with Crippen LogP contribution in [0.15, 0.2) is 70.6 Å². The first-order valence-electron chi connectivity index (χ1n) is 9.29. The molecule has 0 aliphatic rings. The van der Waals surface area contributed by atoms with E-state index in [4.69, 9.17) is 4.18 Å². The van der Waals surface area contributed by atoms with Crippen LogP contribution in [0.1, 0.15) is 27.8 Å². The van der Waals surface area contributed by atoms with E-state index in [2.05, 4.69) is 4.99 Å². The van der Waals surface area contributed by atoms with Crippen LogP contribution in [-0.4, -0.2) is 14.6 Å². The molecule has 31 heavy (non-hydrogen) atoms. The van der Waals surface area contributed by atoms with Crippen molar-refractivity contribution in [3.63, 3.8) is 0 Å². The summed E-state index contributed by atoms with van der Waals surface area (Å²) >= 11 is 0. The van der Waals surface area contributed by atoms with Gasteiger partial charge in [-0.1, -0.05) is 29.8 Å². The van der Waals surface area contributed by atoms with Crippen LogP contribution >= 0.6 is 0 Å². The zero-order valence-electron chi connectivity index (χ0n) is 17.1. The average Bonchev–Trinajstić information content (AvgIpc) is 2.65. The van der Waals surface area contributed by atoms with Crippen LogP contribution in [0.25, 0.3) is 0 Å². The Bertz CT molecular complexity index is 1210. The summed E-state index contributed by atoms with van der Waals surface area (Å²) < 4.78 is 69.1. The monoisotopic (exact) mass is 447 g/mol. The number of halogens is 3. The lowest BCUT2D eigenvalue weighted by Gasteiger charge is -2.13. The van der Waals surface area contributed by atoms with Crippen LogP contribution in [0.3, 0.4) is 0 Å². The van der Waals surface area contributed by atoms with E-state index in [0.29, 0.717) is 22.4 Å². The summed E-state index contributed by atoms with van der Waals surface area (Å²) in [6.07, 6.45) is -3.12. The number of hydrogen-bond donors (Lipinski definition) is 0. The van der Waals surface area contributed by atoms with Gasteiger partial charge in [0.2, 0.25) is 0 Å². The highest BCUT2D eigenvalue weighted by molar-refractivity contribution is 7.87. The van der Waals surface area contributed by atoms with E-state index in [0.717, 1.165) is 17.7 Å². The Morgan fingerprint density at radius 3 is 2.10 bits per heavy atom. The van der Waals surface area contributed by atoms with E-state index in [9.17, 15) is 21.6 Å². The fourth-order valence-corrected chi connectivity index (χ4v) is 4.62. The third-order valence-corrected chi connectivity index (χ3v) is 6.03. The highest BCUT2D eigenvalue weighted by atomic mass is 32.2. The van der Waals surface area contributed by atoms with Gasteiger partial charge in [0.15, 0.2) is 0 Å². The van der Waals surface area contributed by atoms with Gasteiger partial charge in [-0.2, -0.15) is 21.6 Å². The minimum atomic E-state index is -4.43. The van der Waals surface area contributed by atoms with Crippen LogP contribution < -0.4 is 4.18 Å². The number of benzene rings is 3. The Hall–Kier alpha value is -3.13. The Labute approximate surface area is 179 Å². The molecular weight excluding hydrogens is 427 g/mol. The van der Waals surface area contributed by atoms with Gasteiger partial charge in [-0.3, -0.25) is 4.99 Å². The maximum Gasteiger partial charge on any atom is 0.416 e. The predicted octanol–water partition coefficient (Wildman–Crippen LogP) is 6.15. The summed E-state index contributed by atoms with van der Waals surface area (Å²) in [6, 6.07) is 14.3. The standard InChI is InChI=1S/C23H20F3NO3S/c1-15-11-16(2)22(17(3)12-15)31(28,29)30-21-9-7-20(8-10-21)27-14-18-5-4-6-19(13-18)23(24,25)26/h4-14H,1-3H3. The number of aryl methyl sites for hydroxylation is 3. The molecule has 0 aromatic heterocycles. The summed E-state index contributed by atoms with van der Waals surface area (Å²) in [7, 11) is -4.02. The zero-order valence-corrected chi connectivity index (χ0v) is 17.9. The maximum atomic E-state index is 12.8. The normalized spacial score (nSPS) is 12.3. The molecule has 0 aliphatic carbocycles. The molecule has 8 heteroatoms. The number of aliphatic imine (C=N–C) groups is 1. The van der Waals surface area contributed by atoms with E-state index in [-0.39, 0.29) is 10.6 Å². The summed E-state index contributed by atoms with van der Waals surface area (Å²) in [4.78, 5) is 4.27. The van der Waals surface area contributed by atoms with Crippen LogP contribution in [0.2, 0.25) is 0 Å². The lowest BCUT2D eigenvalue weighted by atomic mass is 10.1.